The summed E-state index contributed by atoms with van der Waals surface area (Å²) in [5.41, 5.74) is -0.104. The van der Waals surface area contributed by atoms with Gasteiger partial charge in [0.2, 0.25) is 0 Å². The molecule has 1 rings (SSSR count). The Kier molecular flexibility index (Phi) is 1.83. The zero-order valence-corrected chi connectivity index (χ0v) is 7.42. The van der Waals surface area contributed by atoms with Gasteiger partial charge in [-0.1, -0.05) is 13.8 Å². The van der Waals surface area contributed by atoms with E-state index in [1.54, 1.807) is 6.92 Å². The molecule has 0 radical (unpaired) electrons. The van der Waals surface area contributed by atoms with Crippen molar-refractivity contribution in [3.8, 4) is 0 Å². The average molecular weight is 156 g/mol. The smallest absolute Gasteiger partial charge is 0.126 e. The number of rotatable bonds is 3. The molecule has 0 bridgehead atoms. The first-order valence-corrected chi connectivity index (χ1v) is 4.08. The van der Waals surface area contributed by atoms with Crippen molar-refractivity contribution < 1.29 is 9.90 Å². The first-order chi connectivity index (χ1) is 4.93. The van der Waals surface area contributed by atoms with Gasteiger partial charge < -0.3 is 9.90 Å². The maximum absolute atomic E-state index is 10.7. The molecule has 0 aromatic heterocycles. The summed E-state index contributed by atoms with van der Waals surface area (Å²) < 4.78 is 0. The van der Waals surface area contributed by atoms with Crippen LogP contribution in [-0.4, -0.2) is 17.5 Å². The highest BCUT2D eigenvalue weighted by atomic mass is 16.3. The minimum absolute atomic E-state index is 0.117. The van der Waals surface area contributed by atoms with E-state index in [0.29, 0.717) is 6.42 Å². The summed E-state index contributed by atoms with van der Waals surface area (Å²) >= 11 is 0. The normalized spacial score (nSPS) is 36.4. The molecule has 1 aliphatic rings. The molecule has 2 unspecified atom stereocenters. The van der Waals surface area contributed by atoms with Gasteiger partial charge in [-0.15, -0.1) is 0 Å². The van der Waals surface area contributed by atoms with Gasteiger partial charge in [-0.25, -0.2) is 0 Å². The second kappa shape index (κ2) is 2.31. The van der Waals surface area contributed by atoms with Crippen LogP contribution >= 0.6 is 0 Å². The Balaban J connectivity index is 2.60. The molecule has 1 saturated carbocycles. The van der Waals surface area contributed by atoms with E-state index in [1.807, 2.05) is 0 Å². The summed E-state index contributed by atoms with van der Waals surface area (Å²) in [4.78, 5) is 10.7. The highest BCUT2D eigenvalue weighted by Crippen LogP contribution is 2.64. The van der Waals surface area contributed by atoms with Crippen molar-refractivity contribution in [3.63, 3.8) is 0 Å². The molecule has 0 heterocycles. The van der Waals surface area contributed by atoms with Crippen LogP contribution in [0.1, 0.15) is 33.6 Å². The Morgan fingerprint density at radius 1 is 1.64 bits per heavy atom. The van der Waals surface area contributed by atoms with Crippen LogP contribution in [0.3, 0.4) is 0 Å². The molecule has 0 aliphatic heterocycles. The summed E-state index contributed by atoms with van der Waals surface area (Å²) in [6.45, 7) is 5.88. The van der Waals surface area contributed by atoms with Crippen LogP contribution in [0, 0.1) is 10.8 Å². The fraction of sp³-hybridized carbons (Fsp3) is 0.889. The van der Waals surface area contributed by atoms with E-state index in [2.05, 4.69) is 13.8 Å². The van der Waals surface area contributed by atoms with Gasteiger partial charge in [-0.3, -0.25) is 0 Å². The molecular weight excluding hydrogens is 140 g/mol. The first-order valence-electron chi connectivity index (χ1n) is 4.08. The Labute approximate surface area is 67.6 Å². The maximum atomic E-state index is 10.7. The lowest BCUT2D eigenvalue weighted by Gasteiger charge is -2.14. The highest BCUT2D eigenvalue weighted by molar-refractivity contribution is 5.66. The standard InChI is InChI=1S/C9H16O2/c1-7(11)4-9(6-10)5-8(9,2)3/h6-7,11H,4-5H2,1-3H3. The molecular formula is C9H16O2. The lowest BCUT2D eigenvalue weighted by molar-refractivity contribution is -0.114. The number of carbonyl (C=O) groups excluding carboxylic acids is 1. The number of carbonyl (C=O) groups is 1. The summed E-state index contributed by atoms with van der Waals surface area (Å²) in [5.74, 6) is 0. The number of aliphatic hydroxyl groups is 1. The van der Waals surface area contributed by atoms with Gasteiger partial charge in [0.15, 0.2) is 0 Å². The number of hydrogen-bond donors (Lipinski definition) is 1. The van der Waals surface area contributed by atoms with Crippen LogP contribution in [0.25, 0.3) is 0 Å². The van der Waals surface area contributed by atoms with E-state index in [-0.39, 0.29) is 16.9 Å². The molecule has 11 heavy (non-hydrogen) atoms. The lowest BCUT2D eigenvalue weighted by Crippen LogP contribution is -2.17. The quantitative estimate of drug-likeness (QED) is 0.627. The Hall–Kier alpha value is -0.370. The third-order valence-electron chi connectivity index (χ3n) is 2.87. The molecule has 0 aromatic rings. The van der Waals surface area contributed by atoms with Crippen LogP contribution in [-0.2, 0) is 4.79 Å². The third-order valence-corrected chi connectivity index (χ3v) is 2.87. The minimum atomic E-state index is -0.359. The summed E-state index contributed by atoms with van der Waals surface area (Å²) in [7, 11) is 0. The van der Waals surface area contributed by atoms with Gasteiger partial charge in [0, 0.05) is 5.41 Å². The zero-order chi connectivity index (χ0) is 8.70. The van der Waals surface area contributed by atoms with Crippen molar-refractivity contribution in [1.29, 1.82) is 0 Å². The van der Waals surface area contributed by atoms with E-state index in [0.717, 1.165) is 12.7 Å². The lowest BCUT2D eigenvalue weighted by atomic mass is 9.92. The van der Waals surface area contributed by atoms with Crippen molar-refractivity contribution in [2.24, 2.45) is 10.8 Å². The second-order valence-electron chi connectivity index (χ2n) is 4.39. The van der Waals surface area contributed by atoms with Crippen LogP contribution < -0.4 is 0 Å². The van der Waals surface area contributed by atoms with E-state index in [9.17, 15) is 4.79 Å². The van der Waals surface area contributed by atoms with Gasteiger partial charge in [-0.2, -0.15) is 0 Å². The van der Waals surface area contributed by atoms with Gasteiger partial charge >= 0.3 is 0 Å². The van der Waals surface area contributed by atoms with E-state index in [1.165, 1.54) is 0 Å². The molecule has 1 fully saturated rings. The topological polar surface area (TPSA) is 37.3 Å². The SMILES string of the molecule is CC(O)CC1(C=O)CC1(C)C. The van der Waals surface area contributed by atoms with E-state index < -0.39 is 0 Å². The zero-order valence-electron chi connectivity index (χ0n) is 7.42. The van der Waals surface area contributed by atoms with Crippen LogP contribution in [0.5, 0.6) is 0 Å². The molecule has 1 N–H and O–H groups in total. The Morgan fingerprint density at radius 2 is 2.09 bits per heavy atom. The van der Waals surface area contributed by atoms with Crippen molar-refractivity contribution >= 4 is 6.29 Å². The third kappa shape index (κ3) is 1.32. The molecule has 0 spiro atoms. The number of hydrogen-bond acceptors (Lipinski definition) is 2. The maximum Gasteiger partial charge on any atom is 0.126 e. The molecule has 64 valence electrons. The largest absolute Gasteiger partial charge is 0.393 e. The van der Waals surface area contributed by atoms with Crippen molar-refractivity contribution in [1.82, 2.24) is 0 Å². The van der Waals surface area contributed by atoms with Crippen LogP contribution in [0.4, 0.5) is 0 Å². The van der Waals surface area contributed by atoms with Crippen LogP contribution in [0.15, 0.2) is 0 Å². The van der Waals surface area contributed by atoms with Crippen LogP contribution in [0.2, 0.25) is 0 Å². The van der Waals surface area contributed by atoms with Crippen molar-refractivity contribution in [2.45, 2.75) is 39.7 Å². The van der Waals surface area contributed by atoms with E-state index >= 15 is 0 Å². The Morgan fingerprint density at radius 3 is 2.18 bits per heavy atom. The molecule has 2 heteroatoms. The number of aldehydes is 1. The fourth-order valence-corrected chi connectivity index (χ4v) is 1.87. The number of aliphatic hydroxyl groups excluding tert-OH is 1. The summed E-state index contributed by atoms with van der Waals surface area (Å²) in [5, 5.41) is 9.13. The molecule has 2 nitrogen and oxygen atoms in total. The monoisotopic (exact) mass is 156 g/mol. The van der Waals surface area contributed by atoms with Gasteiger partial charge in [0.05, 0.1) is 6.10 Å². The summed E-state index contributed by atoms with van der Waals surface area (Å²) in [6, 6.07) is 0. The predicted octanol–water partition coefficient (Wildman–Crippen LogP) is 1.37. The minimum Gasteiger partial charge on any atom is -0.393 e. The van der Waals surface area contributed by atoms with Crippen molar-refractivity contribution in [3.05, 3.63) is 0 Å². The Bertz CT molecular complexity index is 172. The molecule has 0 saturated heterocycles. The summed E-state index contributed by atoms with van der Waals surface area (Å²) in [6.07, 6.45) is 2.19. The molecule has 1 aliphatic carbocycles. The second-order valence-corrected chi connectivity index (χ2v) is 4.39. The molecule has 0 amide bonds. The predicted molar refractivity (Wildman–Crippen MR) is 43.2 cm³/mol. The average Bonchev–Trinajstić information content (AvgIpc) is 2.33. The molecule has 0 aromatic carbocycles. The molecule has 2 atom stereocenters. The van der Waals surface area contributed by atoms with Gasteiger partial charge in [0.25, 0.3) is 0 Å². The first kappa shape index (κ1) is 8.72. The highest BCUT2D eigenvalue weighted by Gasteiger charge is 2.61. The van der Waals surface area contributed by atoms with Gasteiger partial charge in [0.1, 0.15) is 6.29 Å². The van der Waals surface area contributed by atoms with E-state index in [4.69, 9.17) is 5.11 Å². The fourth-order valence-electron chi connectivity index (χ4n) is 1.87. The van der Waals surface area contributed by atoms with Crippen molar-refractivity contribution in [2.75, 3.05) is 0 Å². The van der Waals surface area contributed by atoms with Gasteiger partial charge in [-0.05, 0) is 25.2 Å².